The number of hydrogen-bond donors (Lipinski definition) is 4. The Morgan fingerprint density at radius 2 is 2.12 bits per heavy atom. The molecule has 7 nitrogen and oxygen atoms in total. The van der Waals surface area contributed by atoms with E-state index in [0.29, 0.717) is 17.1 Å². The summed E-state index contributed by atoms with van der Waals surface area (Å²) >= 11 is 0. The number of aromatic nitrogens is 4. The lowest BCUT2D eigenvalue weighted by Crippen LogP contribution is -2.44. The van der Waals surface area contributed by atoms with Crippen LogP contribution in [-0.4, -0.2) is 33.0 Å². The Labute approximate surface area is 96.9 Å². The fourth-order valence-corrected chi connectivity index (χ4v) is 2.05. The van der Waals surface area contributed by atoms with Crippen molar-refractivity contribution in [1.82, 2.24) is 25.3 Å². The lowest BCUT2D eigenvalue weighted by Gasteiger charge is -2.31. The molecule has 1 fully saturated rings. The van der Waals surface area contributed by atoms with E-state index in [0.717, 1.165) is 18.9 Å². The second-order valence-electron chi connectivity index (χ2n) is 4.48. The van der Waals surface area contributed by atoms with Crippen molar-refractivity contribution in [2.24, 2.45) is 5.92 Å². The summed E-state index contributed by atoms with van der Waals surface area (Å²) in [6, 6.07) is 0. The van der Waals surface area contributed by atoms with Crippen molar-refractivity contribution in [2.45, 2.75) is 12.8 Å². The van der Waals surface area contributed by atoms with Gasteiger partial charge in [0.1, 0.15) is 5.82 Å². The Balaban J connectivity index is 2.06. The quantitative estimate of drug-likeness (QED) is 0.562. The molecule has 1 saturated heterocycles. The van der Waals surface area contributed by atoms with E-state index >= 15 is 0 Å². The highest BCUT2D eigenvalue weighted by molar-refractivity contribution is 5.70. The zero-order chi connectivity index (χ0) is 12.0. The minimum absolute atomic E-state index is 0.0958. The molecule has 0 bridgehead atoms. The molecule has 0 aromatic carbocycles. The van der Waals surface area contributed by atoms with Gasteiger partial charge in [0.15, 0.2) is 11.2 Å². The van der Waals surface area contributed by atoms with Gasteiger partial charge in [0.05, 0.1) is 0 Å². The van der Waals surface area contributed by atoms with E-state index in [1.54, 1.807) is 0 Å². The largest absolute Gasteiger partial charge is 0.369 e. The van der Waals surface area contributed by atoms with Crippen molar-refractivity contribution < 1.29 is 0 Å². The Hall–Kier alpha value is -1.89. The van der Waals surface area contributed by atoms with Crippen molar-refractivity contribution in [3.63, 3.8) is 0 Å². The molecule has 0 radical (unpaired) electrons. The molecule has 1 aliphatic rings. The smallest absolute Gasteiger partial charge is 0.278 e. The summed E-state index contributed by atoms with van der Waals surface area (Å²) in [6.45, 7) is 4.08. The average molecular weight is 234 g/mol. The van der Waals surface area contributed by atoms with Crippen LogP contribution in [0.1, 0.15) is 18.7 Å². The molecule has 3 heterocycles. The van der Waals surface area contributed by atoms with Crippen LogP contribution in [0.5, 0.6) is 0 Å². The lowest BCUT2D eigenvalue weighted by atomic mass is 9.88. The first-order valence-electron chi connectivity index (χ1n) is 5.61. The van der Waals surface area contributed by atoms with E-state index < -0.39 is 0 Å². The number of nitrogen functional groups attached to an aromatic ring is 1. The third-order valence-corrected chi connectivity index (χ3v) is 3.35. The molecule has 7 heteroatoms. The highest BCUT2D eigenvalue weighted by Gasteiger charge is 2.27. The van der Waals surface area contributed by atoms with Crippen molar-refractivity contribution in [3.8, 4) is 0 Å². The van der Waals surface area contributed by atoms with E-state index in [9.17, 15) is 4.79 Å². The van der Waals surface area contributed by atoms with E-state index in [1.165, 1.54) is 0 Å². The van der Waals surface area contributed by atoms with Crippen LogP contribution in [0, 0.1) is 5.92 Å². The third kappa shape index (κ3) is 1.59. The van der Waals surface area contributed by atoms with Gasteiger partial charge in [0.2, 0.25) is 5.95 Å². The molecule has 90 valence electrons. The third-order valence-electron chi connectivity index (χ3n) is 3.35. The van der Waals surface area contributed by atoms with Gasteiger partial charge >= 0.3 is 0 Å². The molecule has 17 heavy (non-hydrogen) atoms. The minimum atomic E-state index is -0.273. The summed E-state index contributed by atoms with van der Waals surface area (Å²) in [7, 11) is 0. The van der Waals surface area contributed by atoms with Crippen LogP contribution >= 0.6 is 0 Å². The van der Waals surface area contributed by atoms with E-state index in [2.05, 4.69) is 32.2 Å². The number of imidazole rings is 1. The molecule has 0 spiro atoms. The minimum Gasteiger partial charge on any atom is -0.369 e. The predicted octanol–water partition coefficient (Wildman–Crippen LogP) is -0.449. The Morgan fingerprint density at radius 3 is 2.76 bits per heavy atom. The van der Waals surface area contributed by atoms with Crippen LogP contribution in [0.4, 0.5) is 5.95 Å². The Kier molecular flexibility index (Phi) is 2.15. The highest BCUT2D eigenvalue weighted by atomic mass is 16.1. The molecule has 0 aliphatic carbocycles. The molecule has 3 rings (SSSR count). The number of anilines is 1. The molecular weight excluding hydrogens is 220 g/mol. The normalized spacial score (nSPS) is 18.2. The predicted molar refractivity (Wildman–Crippen MR) is 63.7 cm³/mol. The number of nitrogens with zero attached hydrogens (tertiary/aromatic N) is 2. The number of fused-ring (bicyclic) bond motifs is 1. The van der Waals surface area contributed by atoms with Crippen LogP contribution < -0.4 is 16.6 Å². The molecule has 0 amide bonds. The van der Waals surface area contributed by atoms with Gasteiger partial charge in [0.25, 0.3) is 5.56 Å². The standard InChI is InChI=1S/C10H14N6O/c1-4(5-2-12-3-5)7-13-6-8(14-7)15-10(11)16-9(6)17/h4-5,12H,2-3H2,1H3,(H4,11,13,14,15,16,17). The average Bonchev–Trinajstić information content (AvgIpc) is 2.58. The van der Waals surface area contributed by atoms with Crippen molar-refractivity contribution in [2.75, 3.05) is 18.8 Å². The number of nitrogens with one attached hydrogen (secondary N) is 3. The SMILES string of the molecule is CC(c1nc2nc(N)[nH]c(=O)c2[nH]1)C1CNC1. The highest BCUT2D eigenvalue weighted by Crippen LogP contribution is 2.25. The summed E-state index contributed by atoms with van der Waals surface area (Å²) in [4.78, 5) is 25.5. The Bertz CT molecular complexity index is 611. The molecular formula is C10H14N6O. The molecule has 1 aliphatic heterocycles. The van der Waals surface area contributed by atoms with Crippen molar-refractivity contribution in [3.05, 3.63) is 16.2 Å². The van der Waals surface area contributed by atoms with Crippen molar-refractivity contribution >= 4 is 17.1 Å². The maximum Gasteiger partial charge on any atom is 0.278 e. The molecule has 5 N–H and O–H groups in total. The van der Waals surface area contributed by atoms with Crippen LogP contribution in [0.15, 0.2) is 4.79 Å². The number of hydrogen-bond acceptors (Lipinski definition) is 5. The van der Waals surface area contributed by atoms with Crippen molar-refractivity contribution in [1.29, 1.82) is 0 Å². The fourth-order valence-electron chi connectivity index (χ4n) is 2.05. The van der Waals surface area contributed by atoms with E-state index in [4.69, 9.17) is 5.73 Å². The lowest BCUT2D eigenvalue weighted by molar-refractivity contribution is 0.297. The summed E-state index contributed by atoms with van der Waals surface area (Å²) < 4.78 is 0. The van der Waals surface area contributed by atoms with Crippen LogP contribution in [0.2, 0.25) is 0 Å². The molecule has 2 aromatic rings. The summed E-state index contributed by atoms with van der Waals surface area (Å²) in [5.74, 6) is 1.74. The van der Waals surface area contributed by atoms with Gasteiger partial charge in [-0.05, 0) is 19.0 Å². The van der Waals surface area contributed by atoms with Crippen LogP contribution in [0.3, 0.4) is 0 Å². The van der Waals surface area contributed by atoms with Gasteiger partial charge in [-0.3, -0.25) is 9.78 Å². The van der Waals surface area contributed by atoms with Gasteiger partial charge in [-0.15, -0.1) is 0 Å². The van der Waals surface area contributed by atoms with Crippen LogP contribution in [0.25, 0.3) is 11.2 Å². The maximum atomic E-state index is 11.6. The zero-order valence-corrected chi connectivity index (χ0v) is 9.45. The van der Waals surface area contributed by atoms with Gasteiger partial charge in [-0.2, -0.15) is 4.98 Å². The molecule has 0 saturated carbocycles. The fraction of sp³-hybridized carbons (Fsp3) is 0.500. The summed E-state index contributed by atoms with van der Waals surface area (Å²) in [5, 5.41) is 3.22. The van der Waals surface area contributed by atoms with Crippen LogP contribution in [-0.2, 0) is 0 Å². The van der Waals surface area contributed by atoms with Gasteiger partial charge in [0, 0.05) is 5.92 Å². The first-order chi connectivity index (χ1) is 8.15. The molecule has 2 aromatic heterocycles. The molecule has 1 atom stereocenters. The number of nitrogens with two attached hydrogens (primary N) is 1. The zero-order valence-electron chi connectivity index (χ0n) is 9.45. The van der Waals surface area contributed by atoms with Gasteiger partial charge in [-0.25, -0.2) is 4.98 Å². The number of H-pyrrole nitrogens is 2. The van der Waals surface area contributed by atoms with Gasteiger partial charge < -0.3 is 16.0 Å². The first kappa shape index (κ1) is 10.3. The maximum absolute atomic E-state index is 11.6. The topological polar surface area (TPSA) is 112 Å². The monoisotopic (exact) mass is 234 g/mol. The Morgan fingerprint density at radius 1 is 1.35 bits per heavy atom. The summed E-state index contributed by atoms with van der Waals surface area (Å²) in [5.41, 5.74) is 5.99. The molecule has 1 unspecified atom stereocenters. The van der Waals surface area contributed by atoms with E-state index in [1.807, 2.05) is 0 Å². The van der Waals surface area contributed by atoms with Gasteiger partial charge in [-0.1, -0.05) is 6.92 Å². The summed E-state index contributed by atoms with van der Waals surface area (Å²) in [6.07, 6.45) is 0. The first-order valence-corrected chi connectivity index (χ1v) is 5.61. The second-order valence-corrected chi connectivity index (χ2v) is 4.48. The van der Waals surface area contributed by atoms with E-state index in [-0.39, 0.29) is 17.4 Å². The number of aromatic amines is 2. The number of rotatable bonds is 2. The second kappa shape index (κ2) is 3.56.